The Hall–Kier alpha value is -1.09. The van der Waals surface area contributed by atoms with E-state index in [0.29, 0.717) is 6.04 Å². The molecule has 0 spiro atoms. The number of amides is 1. The van der Waals surface area contributed by atoms with Gasteiger partial charge in [-0.3, -0.25) is 4.79 Å². The molecule has 1 aliphatic rings. The fourth-order valence-electron chi connectivity index (χ4n) is 2.08. The number of allylic oxidation sites excluding steroid dienone is 1. The van der Waals surface area contributed by atoms with E-state index in [0.717, 1.165) is 19.4 Å². The van der Waals surface area contributed by atoms with Gasteiger partial charge in [-0.2, -0.15) is 11.3 Å². The van der Waals surface area contributed by atoms with Crippen molar-refractivity contribution in [3.05, 3.63) is 34.5 Å². The summed E-state index contributed by atoms with van der Waals surface area (Å²) >= 11 is 1.70. The number of rotatable bonds is 2. The molecule has 2 heterocycles. The highest BCUT2D eigenvalue weighted by Gasteiger charge is 2.28. The van der Waals surface area contributed by atoms with E-state index in [2.05, 4.69) is 16.8 Å². The lowest BCUT2D eigenvalue weighted by atomic mass is 10.1. The molecule has 0 radical (unpaired) electrons. The van der Waals surface area contributed by atoms with E-state index in [1.807, 2.05) is 17.9 Å². The van der Waals surface area contributed by atoms with E-state index < -0.39 is 0 Å². The predicted octanol–water partition coefficient (Wildman–Crippen LogP) is 2.99. The number of carbonyl (C=O) groups is 1. The van der Waals surface area contributed by atoms with Crippen LogP contribution in [0.25, 0.3) is 0 Å². The molecule has 2 rings (SSSR count). The first-order chi connectivity index (χ1) is 7.33. The summed E-state index contributed by atoms with van der Waals surface area (Å²) in [6.45, 7) is 2.78. The topological polar surface area (TPSA) is 20.3 Å². The fraction of sp³-hybridized carbons (Fsp3) is 0.417. The van der Waals surface area contributed by atoms with Gasteiger partial charge >= 0.3 is 0 Å². The predicted molar refractivity (Wildman–Crippen MR) is 62.8 cm³/mol. The van der Waals surface area contributed by atoms with Crippen LogP contribution in [-0.4, -0.2) is 17.4 Å². The standard InChI is InChI=1S/C12H15NOS/c1-2-4-12(14)13-7-3-5-11(13)10-6-8-15-9-10/h2,4,6,8-9,11H,3,5,7H2,1H3. The van der Waals surface area contributed by atoms with Crippen LogP contribution in [0.3, 0.4) is 0 Å². The molecular weight excluding hydrogens is 206 g/mol. The number of carbonyl (C=O) groups excluding carboxylic acids is 1. The first-order valence-corrected chi connectivity index (χ1v) is 6.22. The van der Waals surface area contributed by atoms with Crippen LogP contribution in [-0.2, 0) is 4.79 Å². The van der Waals surface area contributed by atoms with Crippen molar-refractivity contribution in [2.24, 2.45) is 0 Å². The summed E-state index contributed by atoms with van der Waals surface area (Å²) in [7, 11) is 0. The minimum absolute atomic E-state index is 0.145. The maximum absolute atomic E-state index is 11.8. The van der Waals surface area contributed by atoms with Crippen LogP contribution in [0.2, 0.25) is 0 Å². The van der Waals surface area contributed by atoms with Gasteiger partial charge in [0, 0.05) is 6.54 Å². The molecule has 1 aromatic rings. The molecule has 15 heavy (non-hydrogen) atoms. The van der Waals surface area contributed by atoms with Crippen molar-refractivity contribution in [2.75, 3.05) is 6.54 Å². The second-order valence-electron chi connectivity index (χ2n) is 3.75. The molecule has 0 aromatic carbocycles. The van der Waals surface area contributed by atoms with Gasteiger partial charge in [0.15, 0.2) is 0 Å². The summed E-state index contributed by atoms with van der Waals surface area (Å²) in [6, 6.07) is 2.43. The molecule has 1 amide bonds. The average Bonchev–Trinajstić information content (AvgIpc) is 2.88. The number of hydrogen-bond acceptors (Lipinski definition) is 2. The van der Waals surface area contributed by atoms with Crippen LogP contribution in [0, 0.1) is 0 Å². The van der Waals surface area contributed by atoms with Crippen molar-refractivity contribution in [2.45, 2.75) is 25.8 Å². The Kier molecular flexibility index (Phi) is 3.21. The van der Waals surface area contributed by atoms with E-state index in [4.69, 9.17) is 0 Å². The van der Waals surface area contributed by atoms with Crippen molar-refractivity contribution in [1.29, 1.82) is 0 Å². The molecule has 1 aliphatic heterocycles. The molecule has 3 heteroatoms. The molecule has 80 valence electrons. The molecule has 1 aromatic heterocycles. The molecule has 0 N–H and O–H groups in total. The van der Waals surface area contributed by atoms with Crippen LogP contribution in [0.15, 0.2) is 29.0 Å². The Morgan fingerprint density at radius 3 is 3.20 bits per heavy atom. The molecule has 1 atom stereocenters. The Bertz CT molecular complexity index is 356. The lowest BCUT2D eigenvalue weighted by molar-refractivity contribution is -0.126. The van der Waals surface area contributed by atoms with Crippen molar-refractivity contribution in [3.63, 3.8) is 0 Å². The SMILES string of the molecule is CC=CC(=O)N1CCCC1c1ccsc1. The Morgan fingerprint density at radius 2 is 2.53 bits per heavy atom. The van der Waals surface area contributed by atoms with Crippen LogP contribution in [0.5, 0.6) is 0 Å². The minimum Gasteiger partial charge on any atom is -0.332 e. The normalized spacial score (nSPS) is 21.4. The van der Waals surface area contributed by atoms with E-state index >= 15 is 0 Å². The van der Waals surface area contributed by atoms with Gasteiger partial charge in [-0.15, -0.1) is 0 Å². The van der Waals surface area contributed by atoms with Gasteiger partial charge in [0.2, 0.25) is 5.91 Å². The highest BCUT2D eigenvalue weighted by Crippen LogP contribution is 2.33. The van der Waals surface area contributed by atoms with Gasteiger partial charge in [0.25, 0.3) is 0 Å². The van der Waals surface area contributed by atoms with Crippen molar-refractivity contribution < 1.29 is 4.79 Å². The molecular formula is C12H15NOS. The number of thiophene rings is 1. The first kappa shape index (κ1) is 10.4. The smallest absolute Gasteiger partial charge is 0.246 e. The maximum Gasteiger partial charge on any atom is 0.246 e. The zero-order chi connectivity index (χ0) is 10.7. The number of likely N-dealkylation sites (tertiary alicyclic amines) is 1. The van der Waals surface area contributed by atoms with Crippen LogP contribution < -0.4 is 0 Å². The second kappa shape index (κ2) is 4.62. The van der Waals surface area contributed by atoms with Gasteiger partial charge in [-0.25, -0.2) is 0 Å². The molecule has 1 unspecified atom stereocenters. The molecule has 2 nitrogen and oxygen atoms in total. The van der Waals surface area contributed by atoms with Crippen molar-refractivity contribution in [3.8, 4) is 0 Å². The summed E-state index contributed by atoms with van der Waals surface area (Å²) in [5.74, 6) is 0.145. The first-order valence-electron chi connectivity index (χ1n) is 5.28. The Labute approximate surface area is 94.2 Å². The quantitative estimate of drug-likeness (QED) is 0.703. The molecule has 1 saturated heterocycles. The molecule has 1 fully saturated rings. The third-order valence-corrected chi connectivity index (χ3v) is 3.47. The Morgan fingerprint density at radius 1 is 1.67 bits per heavy atom. The Balaban J connectivity index is 2.15. The summed E-state index contributed by atoms with van der Waals surface area (Å²) in [5, 5.41) is 4.22. The lowest BCUT2D eigenvalue weighted by Gasteiger charge is -2.22. The van der Waals surface area contributed by atoms with Gasteiger partial charge in [0.05, 0.1) is 6.04 Å². The zero-order valence-corrected chi connectivity index (χ0v) is 9.67. The van der Waals surface area contributed by atoms with Gasteiger partial charge in [0.1, 0.15) is 0 Å². The lowest BCUT2D eigenvalue weighted by Crippen LogP contribution is -2.28. The van der Waals surface area contributed by atoms with Crippen LogP contribution in [0.1, 0.15) is 31.4 Å². The highest BCUT2D eigenvalue weighted by atomic mass is 32.1. The van der Waals surface area contributed by atoms with E-state index in [-0.39, 0.29) is 5.91 Å². The van der Waals surface area contributed by atoms with Gasteiger partial charge in [-0.05, 0) is 48.2 Å². The largest absolute Gasteiger partial charge is 0.332 e. The van der Waals surface area contributed by atoms with Gasteiger partial charge < -0.3 is 4.90 Å². The molecule has 0 bridgehead atoms. The van der Waals surface area contributed by atoms with E-state index in [1.54, 1.807) is 17.4 Å². The zero-order valence-electron chi connectivity index (χ0n) is 8.85. The van der Waals surface area contributed by atoms with Crippen LogP contribution in [0.4, 0.5) is 0 Å². The fourth-order valence-corrected chi connectivity index (χ4v) is 2.79. The molecule has 0 saturated carbocycles. The number of hydrogen-bond donors (Lipinski definition) is 0. The van der Waals surface area contributed by atoms with Crippen LogP contribution >= 0.6 is 11.3 Å². The van der Waals surface area contributed by atoms with Crippen molar-refractivity contribution >= 4 is 17.2 Å². The summed E-state index contributed by atoms with van der Waals surface area (Å²) in [6.07, 6.45) is 5.68. The number of nitrogens with zero attached hydrogens (tertiary/aromatic N) is 1. The second-order valence-corrected chi connectivity index (χ2v) is 4.53. The minimum atomic E-state index is 0.145. The monoisotopic (exact) mass is 221 g/mol. The van der Waals surface area contributed by atoms with E-state index in [1.165, 1.54) is 5.56 Å². The molecule has 0 aliphatic carbocycles. The third-order valence-electron chi connectivity index (χ3n) is 2.77. The van der Waals surface area contributed by atoms with Crippen molar-refractivity contribution in [1.82, 2.24) is 4.90 Å². The summed E-state index contributed by atoms with van der Waals surface area (Å²) in [4.78, 5) is 13.8. The van der Waals surface area contributed by atoms with Gasteiger partial charge in [-0.1, -0.05) is 6.08 Å². The highest BCUT2D eigenvalue weighted by molar-refractivity contribution is 7.07. The average molecular weight is 221 g/mol. The third kappa shape index (κ3) is 2.12. The summed E-state index contributed by atoms with van der Waals surface area (Å²) in [5.41, 5.74) is 1.29. The van der Waals surface area contributed by atoms with E-state index in [9.17, 15) is 4.79 Å². The maximum atomic E-state index is 11.8. The summed E-state index contributed by atoms with van der Waals surface area (Å²) < 4.78 is 0.